The summed E-state index contributed by atoms with van der Waals surface area (Å²) in [7, 11) is 0. The Hall–Kier alpha value is -1.92. The highest BCUT2D eigenvalue weighted by Crippen LogP contribution is 2.05. The van der Waals surface area contributed by atoms with Crippen molar-refractivity contribution >= 4 is 11.9 Å². The number of rotatable bonds is 8. The summed E-state index contributed by atoms with van der Waals surface area (Å²) in [5, 5.41) is 6.16. The number of carbonyl (C=O) groups is 2. The minimum atomic E-state index is -0.861. The van der Waals surface area contributed by atoms with Crippen molar-refractivity contribution in [2.45, 2.75) is 25.3 Å². The van der Waals surface area contributed by atoms with Gasteiger partial charge in [-0.1, -0.05) is 18.2 Å². The first-order chi connectivity index (χ1) is 9.69. The molecule has 0 fully saturated rings. The molecule has 0 saturated carbocycles. The number of nitrogens with two attached hydrogens (primary N) is 1. The highest BCUT2D eigenvalue weighted by molar-refractivity contribution is 5.96. The van der Waals surface area contributed by atoms with Gasteiger partial charge < -0.3 is 11.1 Å². The Labute approximate surface area is 113 Å². The Bertz CT molecular complexity index is 428. The standard InChI is InChI=1S/C13H18N2O4/c14-9-5-4-8-11(13(17)19-18)15-12(16)10-6-2-1-3-7-10/h1-3,6-7,11,18H,4-5,8-9,14H2,(H,15,16)/t11-/m0/s1/i/hD. The van der Waals surface area contributed by atoms with Gasteiger partial charge in [-0.05, 0) is 37.9 Å². The molecule has 4 N–H and O–H groups in total. The molecule has 19 heavy (non-hydrogen) atoms. The summed E-state index contributed by atoms with van der Waals surface area (Å²) >= 11 is 0. The van der Waals surface area contributed by atoms with Gasteiger partial charge in [-0.15, -0.1) is 0 Å². The Morgan fingerprint density at radius 3 is 2.74 bits per heavy atom. The molecule has 1 aromatic rings. The predicted molar refractivity (Wildman–Crippen MR) is 69.3 cm³/mol. The van der Waals surface area contributed by atoms with Gasteiger partial charge in [0.15, 0.2) is 0 Å². The third-order valence-corrected chi connectivity index (χ3v) is 2.65. The Morgan fingerprint density at radius 2 is 2.11 bits per heavy atom. The fourth-order valence-corrected chi connectivity index (χ4v) is 1.63. The molecule has 0 aliphatic rings. The summed E-state index contributed by atoms with van der Waals surface area (Å²) in [5.74, 6) is -1.19. The van der Waals surface area contributed by atoms with E-state index >= 15 is 0 Å². The van der Waals surface area contributed by atoms with E-state index in [1.54, 1.807) is 30.3 Å². The van der Waals surface area contributed by atoms with Crippen LogP contribution in [0.5, 0.6) is 0 Å². The maximum absolute atomic E-state index is 12.0. The van der Waals surface area contributed by atoms with Crippen LogP contribution in [0.25, 0.3) is 1.43 Å². The molecule has 1 atom stereocenters. The van der Waals surface area contributed by atoms with E-state index in [0.29, 0.717) is 24.9 Å². The lowest BCUT2D eigenvalue weighted by molar-refractivity contribution is -0.236. The van der Waals surface area contributed by atoms with Crippen molar-refractivity contribution in [1.29, 1.82) is 1.43 Å². The third-order valence-electron chi connectivity index (χ3n) is 2.65. The second-order valence-electron chi connectivity index (χ2n) is 4.08. The fraction of sp³-hybridized carbons (Fsp3) is 0.385. The van der Waals surface area contributed by atoms with Crippen LogP contribution in [0.4, 0.5) is 0 Å². The number of hydrogen-bond donors (Lipinski definition) is 3. The average molecular weight is 267 g/mol. The highest BCUT2D eigenvalue weighted by Gasteiger charge is 2.22. The van der Waals surface area contributed by atoms with Crippen LogP contribution in [0.1, 0.15) is 29.6 Å². The van der Waals surface area contributed by atoms with Crippen molar-refractivity contribution in [3.63, 3.8) is 0 Å². The van der Waals surface area contributed by atoms with Crippen LogP contribution in [0.3, 0.4) is 0 Å². The molecule has 0 saturated heterocycles. The molecule has 0 spiro atoms. The van der Waals surface area contributed by atoms with Crippen molar-refractivity contribution in [3.05, 3.63) is 35.9 Å². The quantitative estimate of drug-likeness (QED) is 0.369. The fourth-order valence-electron chi connectivity index (χ4n) is 1.63. The lowest BCUT2D eigenvalue weighted by atomic mass is 10.1. The highest BCUT2D eigenvalue weighted by atomic mass is 17.1. The van der Waals surface area contributed by atoms with Gasteiger partial charge in [-0.2, -0.15) is 5.26 Å². The van der Waals surface area contributed by atoms with E-state index in [1.165, 1.54) is 0 Å². The number of nitrogens with one attached hydrogen (secondary N) is 1. The predicted octanol–water partition coefficient (Wildman–Crippen LogP) is 0.930. The zero-order valence-electron chi connectivity index (χ0n) is 11.5. The van der Waals surface area contributed by atoms with Crippen LogP contribution in [0.2, 0.25) is 0 Å². The van der Waals surface area contributed by atoms with E-state index in [9.17, 15) is 9.59 Å². The van der Waals surface area contributed by atoms with Crippen LogP contribution in [0, 0.1) is 0 Å². The van der Waals surface area contributed by atoms with E-state index in [2.05, 4.69) is 15.5 Å². The molecule has 104 valence electrons. The van der Waals surface area contributed by atoms with Gasteiger partial charge in [0.1, 0.15) is 6.04 Å². The topological polar surface area (TPSA) is 102 Å². The van der Waals surface area contributed by atoms with Gasteiger partial charge in [-0.25, -0.2) is 4.79 Å². The van der Waals surface area contributed by atoms with Gasteiger partial charge in [0, 0.05) is 5.56 Å². The molecule has 0 aliphatic carbocycles. The van der Waals surface area contributed by atoms with E-state index in [1.807, 2.05) is 0 Å². The zero-order chi connectivity index (χ0) is 14.8. The summed E-state index contributed by atoms with van der Waals surface area (Å²) in [6.45, 7) is 0.503. The molecule has 0 aromatic heterocycles. The Balaban J connectivity index is 2.63. The van der Waals surface area contributed by atoms with Crippen LogP contribution in [-0.2, 0) is 9.68 Å². The summed E-state index contributed by atoms with van der Waals surface area (Å²) in [6, 6.07) is 7.65. The second kappa shape index (κ2) is 8.23. The second-order valence-corrected chi connectivity index (χ2v) is 4.08. The first-order valence-electron chi connectivity index (χ1n) is 6.49. The Kier molecular flexibility index (Phi) is 5.85. The largest absolute Gasteiger partial charge is 0.364 e. The van der Waals surface area contributed by atoms with E-state index < -0.39 is 12.0 Å². The molecule has 1 aromatic carbocycles. The van der Waals surface area contributed by atoms with E-state index in [0.717, 1.165) is 6.42 Å². The van der Waals surface area contributed by atoms with Crippen molar-refractivity contribution in [3.8, 4) is 0 Å². The SMILES string of the molecule is [2H]OOC(=O)[C@H](CCCCN)NC(=O)c1ccccc1. The smallest absolute Gasteiger partial charge is 0.338 e. The molecule has 6 nitrogen and oxygen atoms in total. The first kappa shape index (κ1) is 13.5. The van der Waals surface area contributed by atoms with Crippen LogP contribution >= 0.6 is 0 Å². The van der Waals surface area contributed by atoms with Gasteiger partial charge in [0.25, 0.3) is 7.34 Å². The summed E-state index contributed by atoms with van der Waals surface area (Å²) < 4.78 is 6.41. The number of unbranched alkanes of at least 4 members (excludes halogenated alkanes) is 1. The van der Waals surface area contributed by atoms with Crippen molar-refractivity contribution in [2.24, 2.45) is 5.73 Å². The molecule has 0 bridgehead atoms. The number of hydrogen-bond acceptors (Lipinski definition) is 5. The normalized spacial score (nSPS) is 12.4. The molecule has 6 heteroatoms. The minimum absolute atomic E-state index is 0.373. The molecule has 0 heterocycles. The molecule has 0 aliphatic heterocycles. The molecular formula is C13H18N2O4. The van der Waals surface area contributed by atoms with Gasteiger partial charge in [0.05, 0.1) is 0 Å². The lowest BCUT2D eigenvalue weighted by Crippen LogP contribution is -2.41. The van der Waals surface area contributed by atoms with Crippen LogP contribution < -0.4 is 11.1 Å². The summed E-state index contributed by atoms with van der Waals surface area (Å²) in [6.07, 6.45) is 1.76. The maximum Gasteiger partial charge on any atom is 0.364 e. The third kappa shape index (κ3) is 5.07. The number of amides is 1. The number of benzene rings is 1. The molecule has 1 amide bonds. The minimum Gasteiger partial charge on any atom is -0.338 e. The molecule has 1 rings (SSSR count). The summed E-state index contributed by atoms with van der Waals surface area (Å²) in [5.41, 5.74) is 5.82. The average Bonchev–Trinajstić information content (AvgIpc) is 2.47. The monoisotopic (exact) mass is 267 g/mol. The van der Waals surface area contributed by atoms with E-state index in [4.69, 9.17) is 7.16 Å². The van der Waals surface area contributed by atoms with Crippen molar-refractivity contribution in [2.75, 3.05) is 6.54 Å². The van der Waals surface area contributed by atoms with Crippen molar-refractivity contribution < 1.29 is 19.7 Å². The summed E-state index contributed by atoms with van der Waals surface area (Å²) in [4.78, 5) is 27.7. The van der Waals surface area contributed by atoms with Crippen molar-refractivity contribution in [1.82, 2.24) is 5.32 Å². The van der Waals surface area contributed by atoms with Crippen LogP contribution in [0.15, 0.2) is 30.3 Å². The Morgan fingerprint density at radius 1 is 1.37 bits per heavy atom. The lowest BCUT2D eigenvalue weighted by Gasteiger charge is -2.15. The zero-order valence-corrected chi connectivity index (χ0v) is 10.5. The maximum atomic E-state index is 12.0. The van der Waals surface area contributed by atoms with E-state index in [-0.39, 0.29) is 5.91 Å². The van der Waals surface area contributed by atoms with Gasteiger partial charge in [-0.3, -0.25) is 9.68 Å². The molecular weight excluding hydrogens is 248 g/mol. The van der Waals surface area contributed by atoms with Gasteiger partial charge >= 0.3 is 5.97 Å². The van der Waals surface area contributed by atoms with Crippen LogP contribution in [-0.4, -0.2) is 29.7 Å². The molecule has 0 unspecified atom stereocenters. The first-order valence-corrected chi connectivity index (χ1v) is 6.08. The van der Waals surface area contributed by atoms with Gasteiger partial charge in [0.2, 0.25) is 0 Å². The number of carbonyl (C=O) groups excluding carboxylic acids is 2. The molecule has 0 radical (unpaired) electrons.